The zero-order valence-electron chi connectivity index (χ0n) is 9.31. The molecule has 0 saturated heterocycles. The van der Waals surface area contributed by atoms with Crippen molar-refractivity contribution in [2.75, 3.05) is 0 Å². The highest BCUT2D eigenvalue weighted by atomic mass is 32.2. The Morgan fingerprint density at radius 1 is 1.20 bits per heavy atom. The molecular weight excluding hydrogens is 204 g/mol. The molecule has 2 heteroatoms. The molecule has 15 heavy (non-hydrogen) atoms. The molecule has 0 atom stereocenters. The molecule has 2 rings (SSSR count). The van der Waals surface area contributed by atoms with E-state index in [9.17, 15) is 5.11 Å². The Hall–Kier alpha value is -0.470. The fraction of sp³-hybridized carbons (Fsp3) is 0.538. The van der Waals surface area contributed by atoms with Gasteiger partial charge in [-0.25, -0.2) is 0 Å². The number of hydrogen-bond acceptors (Lipinski definition) is 2. The predicted molar refractivity (Wildman–Crippen MR) is 65.4 cm³/mol. The molecule has 0 bridgehead atoms. The van der Waals surface area contributed by atoms with E-state index in [2.05, 4.69) is 38.1 Å². The largest absolute Gasteiger partial charge is 0.393 e. The van der Waals surface area contributed by atoms with Crippen LogP contribution < -0.4 is 0 Å². The molecule has 0 spiro atoms. The van der Waals surface area contributed by atoms with Crippen LogP contribution in [0.15, 0.2) is 29.2 Å². The van der Waals surface area contributed by atoms with Crippen LogP contribution in [-0.2, 0) is 0 Å². The summed E-state index contributed by atoms with van der Waals surface area (Å²) in [5.41, 5.74) is 1.38. The molecule has 1 fully saturated rings. The van der Waals surface area contributed by atoms with Gasteiger partial charge in [-0.1, -0.05) is 26.0 Å². The highest BCUT2D eigenvalue weighted by molar-refractivity contribution is 7.99. The van der Waals surface area contributed by atoms with Gasteiger partial charge in [0.05, 0.1) is 6.10 Å². The average molecular weight is 222 g/mol. The maximum atomic E-state index is 9.25. The van der Waals surface area contributed by atoms with Crippen LogP contribution in [0.4, 0.5) is 0 Å². The lowest BCUT2D eigenvalue weighted by Gasteiger charge is -2.31. The van der Waals surface area contributed by atoms with Crippen LogP contribution in [0.2, 0.25) is 0 Å². The molecule has 0 heterocycles. The number of aliphatic hydroxyl groups is 1. The Morgan fingerprint density at radius 3 is 2.27 bits per heavy atom. The molecule has 82 valence electrons. The number of rotatable bonds is 3. The molecule has 0 unspecified atom stereocenters. The Kier molecular flexibility index (Phi) is 3.37. The Labute approximate surface area is 95.9 Å². The molecule has 1 aliphatic rings. The third-order valence-electron chi connectivity index (χ3n) is 2.84. The molecule has 0 radical (unpaired) electrons. The minimum Gasteiger partial charge on any atom is -0.393 e. The second-order valence-electron chi connectivity index (χ2n) is 4.56. The van der Waals surface area contributed by atoms with Crippen molar-refractivity contribution in [3.8, 4) is 0 Å². The van der Waals surface area contributed by atoms with E-state index < -0.39 is 0 Å². The summed E-state index contributed by atoms with van der Waals surface area (Å²) in [6.45, 7) is 4.42. The van der Waals surface area contributed by atoms with Crippen molar-refractivity contribution in [2.24, 2.45) is 0 Å². The fourth-order valence-electron chi connectivity index (χ4n) is 1.95. The Bertz CT molecular complexity index is 312. The highest BCUT2D eigenvalue weighted by Gasteiger charge is 2.28. The summed E-state index contributed by atoms with van der Waals surface area (Å²) in [4.78, 5) is 1.34. The Morgan fingerprint density at radius 2 is 1.80 bits per heavy atom. The topological polar surface area (TPSA) is 20.2 Å². The van der Waals surface area contributed by atoms with Gasteiger partial charge in [0.25, 0.3) is 0 Å². The van der Waals surface area contributed by atoms with E-state index in [1.807, 2.05) is 11.8 Å². The second kappa shape index (κ2) is 4.58. The maximum absolute atomic E-state index is 9.25. The van der Waals surface area contributed by atoms with Crippen molar-refractivity contribution >= 4 is 11.8 Å². The highest BCUT2D eigenvalue weighted by Crippen LogP contribution is 2.37. The second-order valence-corrected chi connectivity index (χ2v) is 6.21. The van der Waals surface area contributed by atoms with Gasteiger partial charge in [0.2, 0.25) is 0 Å². The zero-order valence-corrected chi connectivity index (χ0v) is 10.1. The summed E-state index contributed by atoms with van der Waals surface area (Å²) >= 11 is 1.90. The lowest BCUT2D eigenvalue weighted by Crippen LogP contribution is -2.26. The third kappa shape index (κ3) is 2.76. The van der Waals surface area contributed by atoms with E-state index >= 15 is 0 Å². The molecule has 1 N–H and O–H groups in total. The van der Waals surface area contributed by atoms with Gasteiger partial charge in [-0.2, -0.15) is 0 Å². The van der Waals surface area contributed by atoms with Gasteiger partial charge in [-0.15, -0.1) is 11.8 Å². The van der Waals surface area contributed by atoms with Crippen molar-refractivity contribution in [3.63, 3.8) is 0 Å². The van der Waals surface area contributed by atoms with Crippen molar-refractivity contribution in [3.05, 3.63) is 29.8 Å². The van der Waals surface area contributed by atoms with Gasteiger partial charge < -0.3 is 5.11 Å². The smallest absolute Gasteiger partial charge is 0.0552 e. The first-order chi connectivity index (χ1) is 7.15. The van der Waals surface area contributed by atoms with Crippen LogP contribution in [0.1, 0.15) is 38.2 Å². The normalized spacial score (nSPS) is 25.3. The zero-order chi connectivity index (χ0) is 10.8. The van der Waals surface area contributed by atoms with Gasteiger partial charge >= 0.3 is 0 Å². The van der Waals surface area contributed by atoms with E-state index in [1.165, 1.54) is 10.5 Å². The van der Waals surface area contributed by atoms with Crippen molar-refractivity contribution in [2.45, 2.75) is 48.9 Å². The molecule has 1 aliphatic carbocycles. The van der Waals surface area contributed by atoms with Gasteiger partial charge in [-0.05, 0) is 36.5 Å². The molecule has 0 amide bonds. The number of aliphatic hydroxyl groups excluding tert-OH is 1. The third-order valence-corrected chi connectivity index (χ3v) is 3.85. The van der Waals surface area contributed by atoms with E-state index in [0.717, 1.165) is 12.8 Å². The van der Waals surface area contributed by atoms with Crippen LogP contribution in [0.25, 0.3) is 0 Å². The minimum absolute atomic E-state index is 0.0558. The van der Waals surface area contributed by atoms with Gasteiger partial charge in [-0.3, -0.25) is 0 Å². The van der Waals surface area contributed by atoms with Crippen LogP contribution in [0.5, 0.6) is 0 Å². The minimum atomic E-state index is -0.0558. The van der Waals surface area contributed by atoms with Crippen LogP contribution >= 0.6 is 11.8 Å². The van der Waals surface area contributed by atoms with Gasteiger partial charge in [0, 0.05) is 10.1 Å². The van der Waals surface area contributed by atoms with E-state index in [0.29, 0.717) is 11.2 Å². The fourth-order valence-corrected chi connectivity index (χ4v) is 2.79. The molecule has 1 aromatic carbocycles. The maximum Gasteiger partial charge on any atom is 0.0552 e. The number of thioether (sulfide) groups is 1. The quantitative estimate of drug-likeness (QED) is 0.791. The summed E-state index contributed by atoms with van der Waals surface area (Å²) in [6.07, 6.45) is 1.83. The van der Waals surface area contributed by atoms with Crippen molar-refractivity contribution < 1.29 is 5.11 Å². The lowest BCUT2D eigenvalue weighted by atomic mass is 9.78. The SMILES string of the molecule is CC(C)Sc1ccc(C2CC(O)C2)cc1. The summed E-state index contributed by atoms with van der Waals surface area (Å²) in [5, 5.41) is 9.89. The number of benzene rings is 1. The van der Waals surface area contributed by atoms with Crippen molar-refractivity contribution in [1.82, 2.24) is 0 Å². The van der Waals surface area contributed by atoms with Crippen LogP contribution in [0.3, 0.4) is 0 Å². The summed E-state index contributed by atoms with van der Waals surface area (Å²) < 4.78 is 0. The van der Waals surface area contributed by atoms with E-state index in [4.69, 9.17) is 0 Å². The molecule has 0 aliphatic heterocycles. The van der Waals surface area contributed by atoms with Crippen LogP contribution in [-0.4, -0.2) is 16.5 Å². The molecule has 1 aromatic rings. The Balaban J connectivity index is 1.98. The first-order valence-electron chi connectivity index (χ1n) is 5.60. The summed E-state index contributed by atoms with van der Waals surface area (Å²) in [6, 6.07) is 8.82. The van der Waals surface area contributed by atoms with Crippen molar-refractivity contribution in [1.29, 1.82) is 0 Å². The first kappa shape index (κ1) is 11.0. The van der Waals surface area contributed by atoms with Gasteiger partial charge in [0.1, 0.15) is 0 Å². The standard InChI is InChI=1S/C13H18OS/c1-9(2)15-13-5-3-10(4-6-13)11-7-12(14)8-11/h3-6,9,11-12,14H,7-8H2,1-2H3. The summed E-state index contributed by atoms with van der Waals surface area (Å²) in [5.74, 6) is 0.595. The predicted octanol–water partition coefficient (Wildman–Crippen LogP) is 3.43. The van der Waals surface area contributed by atoms with E-state index in [1.54, 1.807) is 0 Å². The van der Waals surface area contributed by atoms with Crippen LogP contribution in [0, 0.1) is 0 Å². The molecule has 0 aromatic heterocycles. The first-order valence-corrected chi connectivity index (χ1v) is 6.48. The van der Waals surface area contributed by atoms with E-state index in [-0.39, 0.29) is 6.10 Å². The number of hydrogen-bond donors (Lipinski definition) is 1. The lowest BCUT2D eigenvalue weighted by molar-refractivity contribution is 0.0746. The van der Waals surface area contributed by atoms with Gasteiger partial charge in [0.15, 0.2) is 0 Å². The molecule has 1 nitrogen and oxygen atoms in total. The monoisotopic (exact) mass is 222 g/mol. The molecule has 1 saturated carbocycles. The summed E-state index contributed by atoms with van der Waals surface area (Å²) in [7, 11) is 0. The average Bonchev–Trinajstić information content (AvgIpc) is 2.14. The molecular formula is C13H18OS.